The van der Waals surface area contributed by atoms with Gasteiger partial charge in [-0.05, 0) is 0 Å². The van der Waals surface area contributed by atoms with Gasteiger partial charge in [0.25, 0.3) is 0 Å². The molecule has 0 amide bonds. The number of carboxylic acids is 1. The largest absolute Gasteiger partial charge is 0.479 e. The molecule has 14 heavy (non-hydrogen) atoms. The van der Waals surface area contributed by atoms with Crippen molar-refractivity contribution in [3.05, 3.63) is 23.2 Å². The predicted molar refractivity (Wildman–Crippen MR) is 45.6 cm³/mol. The number of halogens is 1. The topological polar surface area (TPSA) is 104 Å². The second-order valence-electron chi connectivity index (χ2n) is 2.49. The second-order valence-corrected chi connectivity index (χ2v) is 2.88. The highest BCUT2D eigenvalue weighted by Gasteiger charge is 2.26. The molecule has 7 heteroatoms. The smallest absolute Gasteiger partial charge is 0.335 e. The lowest BCUT2D eigenvalue weighted by molar-refractivity contribution is -0.153. The van der Waals surface area contributed by atoms with Crippen molar-refractivity contribution in [1.82, 2.24) is 9.97 Å². The van der Waals surface area contributed by atoms with Crippen molar-refractivity contribution < 1.29 is 20.1 Å². The van der Waals surface area contributed by atoms with E-state index >= 15 is 0 Å². The van der Waals surface area contributed by atoms with Crippen LogP contribution in [0.1, 0.15) is 11.8 Å². The first-order chi connectivity index (χ1) is 6.52. The predicted octanol–water partition coefficient (Wildman–Crippen LogP) is -0.391. The molecule has 6 nitrogen and oxygen atoms in total. The number of aliphatic carboxylic acids is 1. The SMILES string of the molecule is O=C(O)[C@H](O)[C@@H](O)c1cncc(Cl)n1. The molecule has 1 aromatic rings. The van der Waals surface area contributed by atoms with Crippen LogP contribution in [0, 0.1) is 0 Å². The summed E-state index contributed by atoms with van der Waals surface area (Å²) in [5.74, 6) is -1.54. The van der Waals surface area contributed by atoms with E-state index in [4.69, 9.17) is 21.8 Å². The number of nitrogens with zero attached hydrogens (tertiary/aromatic N) is 2. The lowest BCUT2D eigenvalue weighted by Crippen LogP contribution is -2.28. The first-order valence-electron chi connectivity index (χ1n) is 3.58. The third kappa shape index (κ3) is 2.38. The molecule has 1 rings (SSSR count). The fraction of sp³-hybridized carbons (Fsp3) is 0.286. The summed E-state index contributed by atoms with van der Waals surface area (Å²) in [5, 5.41) is 26.7. The summed E-state index contributed by atoms with van der Waals surface area (Å²) >= 11 is 5.46. The van der Waals surface area contributed by atoms with Gasteiger partial charge in [0.1, 0.15) is 11.3 Å². The monoisotopic (exact) mass is 218 g/mol. The van der Waals surface area contributed by atoms with E-state index in [9.17, 15) is 9.90 Å². The Labute approximate surface area is 83.8 Å². The van der Waals surface area contributed by atoms with Crippen molar-refractivity contribution in [2.24, 2.45) is 0 Å². The minimum atomic E-state index is -1.94. The highest BCUT2D eigenvalue weighted by Crippen LogP contribution is 2.15. The van der Waals surface area contributed by atoms with Crippen molar-refractivity contribution in [2.75, 3.05) is 0 Å². The maximum atomic E-state index is 10.3. The van der Waals surface area contributed by atoms with Gasteiger partial charge in [-0.1, -0.05) is 11.6 Å². The van der Waals surface area contributed by atoms with Gasteiger partial charge < -0.3 is 15.3 Å². The molecule has 76 valence electrons. The fourth-order valence-electron chi connectivity index (χ4n) is 0.796. The van der Waals surface area contributed by atoms with Gasteiger partial charge in [-0.3, -0.25) is 4.98 Å². The standard InChI is InChI=1S/C7H7ClN2O4/c8-4-2-9-1-3(10-4)5(11)6(12)7(13)14/h1-2,5-6,11-12H,(H,13,14)/t5-,6+/m0/s1. The lowest BCUT2D eigenvalue weighted by atomic mass is 10.1. The molecular formula is C7H7ClN2O4. The van der Waals surface area contributed by atoms with Crippen LogP contribution >= 0.6 is 11.6 Å². The van der Waals surface area contributed by atoms with Crippen LogP contribution < -0.4 is 0 Å². The molecule has 0 saturated heterocycles. The number of carboxylic acid groups (broad SMARTS) is 1. The highest BCUT2D eigenvalue weighted by molar-refractivity contribution is 6.29. The summed E-state index contributed by atoms with van der Waals surface area (Å²) in [6.07, 6.45) is -1.23. The minimum absolute atomic E-state index is 0.0131. The Balaban J connectivity index is 2.89. The third-order valence-corrected chi connectivity index (χ3v) is 1.66. The second kappa shape index (κ2) is 4.32. The quantitative estimate of drug-likeness (QED) is 0.638. The van der Waals surface area contributed by atoms with Gasteiger partial charge in [0.05, 0.1) is 18.1 Å². The molecular weight excluding hydrogens is 212 g/mol. The number of aliphatic hydroxyl groups excluding tert-OH is 2. The number of carbonyl (C=O) groups is 1. The molecule has 2 atom stereocenters. The van der Waals surface area contributed by atoms with E-state index in [1.807, 2.05) is 0 Å². The Hall–Kier alpha value is -1.24. The van der Waals surface area contributed by atoms with Gasteiger partial charge in [0, 0.05) is 0 Å². The molecule has 3 N–H and O–H groups in total. The zero-order valence-electron chi connectivity index (χ0n) is 6.83. The summed E-state index contributed by atoms with van der Waals surface area (Å²) in [5.41, 5.74) is -0.0904. The van der Waals surface area contributed by atoms with Crippen LogP contribution in [0.3, 0.4) is 0 Å². The third-order valence-electron chi connectivity index (χ3n) is 1.48. The normalized spacial score (nSPS) is 14.8. The van der Waals surface area contributed by atoms with E-state index in [1.165, 1.54) is 6.20 Å². The molecule has 0 radical (unpaired) electrons. The molecule has 0 aliphatic heterocycles. The number of aromatic nitrogens is 2. The van der Waals surface area contributed by atoms with Gasteiger partial charge in [0.2, 0.25) is 0 Å². The van der Waals surface area contributed by atoms with E-state index in [0.29, 0.717) is 0 Å². The van der Waals surface area contributed by atoms with Crippen molar-refractivity contribution in [3.8, 4) is 0 Å². The molecule has 0 bridgehead atoms. The Morgan fingerprint density at radius 1 is 1.43 bits per heavy atom. The molecule has 0 unspecified atom stereocenters. The summed E-state index contributed by atoms with van der Waals surface area (Å²) in [6.45, 7) is 0. The molecule has 1 aromatic heterocycles. The highest BCUT2D eigenvalue weighted by atomic mass is 35.5. The lowest BCUT2D eigenvalue weighted by Gasteiger charge is -2.12. The number of hydrogen-bond acceptors (Lipinski definition) is 5. The van der Waals surface area contributed by atoms with Crippen molar-refractivity contribution in [2.45, 2.75) is 12.2 Å². The molecule has 0 aliphatic carbocycles. The first-order valence-corrected chi connectivity index (χ1v) is 3.96. The Morgan fingerprint density at radius 3 is 2.57 bits per heavy atom. The average Bonchev–Trinajstić information content (AvgIpc) is 2.15. The van der Waals surface area contributed by atoms with Crippen LogP contribution in [0.4, 0.5) is 0 Å². The van der Waals surface area contributed by atoms with E-state index < -0.39 is 18.2 Å². The molecule has 0 saturated carbocycles. The van der Waals surface area contributed by atoms with Crippen LogP contribution in [0.5, 0.6) is 0 Å². The van der Waals surface area contributed by atoms with Crippen LogP contribution in [0.2, 0.25) is 5.15 Å². The molecule has 0 aromatic carbocycles. The maximum Gasteiger partial charge on any atom is 0.335 e. The minimum Gasteiger partial charge on any atom is -0.479 e. The molecule has 0 spiro atoms. The molecule has 1 heterocycles. The van der Waals surface area contributed by atoms with Gasteiger partial charge in [-0.15, -0.1) is 0 Å². The van der Waals surface area contributed by atoms with Crippen LogP contribution in [-0.4, -0.2) is 37.4 Å². The average molecular weight is 219 g/mol. The fourth-order valence-corrected chi connectivity index (χ4v) is 0.949. The van der Waals surface area contributed by atoms with E-state index in [2.05, 4.69) is 9.97 Å². The summed E-state index contributed by atoms with van der Waals surface area (Å²) in [6, 6.07) is 0. The Morgan fingerprint density at radius 2 is 2.07 bits per heavy atom. The first kappa shape index (κ1) is 10.8. The Kier molecular flexibility index (Phi) is 3.34. The van der Waals surface area contributed by atoms with Gasteiger partial charge in [0.15, 0.2) is 6.10 Å². The van der Waals surface area contributed by atoms with Crippen molar-refractivity contribution in [3.63, 3.8) is 0 Å². The molecule has 0 aliphatic rings. The van der Waals surface area contributed by atoms with Crippen molar-refractivity contribution in [1.29, 1.82) is 0 Å². The van der Waals surface area contributed by atoms with Gasteiger partial charge in [-0.25, -0.2) is 9.78 Å². The van der Waals surface area contributed by atoms with Gasteiger partial charge >= 0.3 is 5.97 Å². The van der Waals surface area contributed by atoms with Crippen molar-refractivity contribution >= 4 is 17.6 Å². The van der Waals surface area contributed by atoms with Crippen LogP contribution in [0.25, 0.3) is 0 Å². The number of rotatable bonds is 3. The van der Waals surface area contributed by atoms with E-state index in [1.54, 1.807) is 0 Å². The van der Waals surface area contributed by atoms with E-state index in [-0.39, 0.29) is 10.8 Å². The zero-order valence-corrected chi connectivity index (χ0v) is 7.59. The summed E-state index contributed by atoms with van der Waals surface area (Å²) in [4.78, 5) is 17.5. The number of aliphatic hydroxyl groups is 2. The molecule has 0 fully saturated rings. The summed E-state index contributed by atoms with van der Waals surface area (Å²) in [7, 11) is 0. The maximum absolute atomic E-state index is 10.3. The van der Waals surface area contributed by atoms with Crippen LogP contribution in [0.15, 0.2) is 12.4 Å². The summed E-state index contributed by atoms with van der Waals surface area (Å²) < 4.78 is 0. The Bertz CT molecular complexity index is 346. The van der Waals surface area contributed by atoms with E-state index in [0.717, 1.165) is 6.20 Å². The number of hydrogen-bond donors (Lipinski definition) is 3. The zero-order chi connectivity index (χ0) is 10.7. The van der Waals surface area contributed by atoms with Gasteiger partial charge in [-0.2, -0.15) is 0 Å². The van der Waals surface area contributed by atoms with Crippen LogP contribution in [-0.2, 0) is 4.79 Å².